The lowest BCUT2D eigenvalue weighted by molar-refractivity contribution is -0.174. The van der Waals surface area contributed by atoms with Gasteiger partial charge in [0, 0.05) is 6.54 Å². The largest absolute Gasteiger partial charge is 0.458 e. The van der Waals surface area contributed by atoms with Crippen molar-refractivity contribution in [3.05, 3.63) is 65.7 Å². The summed E-state index contributed by atoms with van der Waals surface area (Å²) in [7, 11) is -3.84. The molecule has 0 unspecified atom stereocenters. The van der Waals surface area contributed by atoms with Gasteiger partial charge in [-0.15, -0.1) is 0 Å². The van der Waals surface area contributed by atoms with E-state index in [0.29, 0.717) is 12.0 Å². The van der Waals surface area contributed by atoms with Gasteiger partial charge < -0.3 is 4.74 Å². The average molecular weight is 388 g/mol. The third kappa shape index (κ3) is 3.51. The predicted octanol–water partition coefficient (Wildman–Crippen LogP) is 3.63. The summed E-state index contributed by atoms with van der Waals surface area (Å²) < 4.78 is 33.5. The summed E-state index contributed by atoms with van der Waals surface area (Å²) in [4.78, 5) is 13.4. The van der Waals surface area contributed by atoms with Gasteiger partial charge in [0.1, 0.15) is 5.60 Å². The molecule has 1 aliphatic rings. The van der Waals surface area contributed by atoms with Crippen molar-refractivity contribution in [2.24, 2.45) is 0 Å². The number of aryl methyl sites for hydroxylation is 1. The number of ether oxygens (including phenoxy) is 1. The number of rotatable bonds is 4. The number of hydrogen-bond acceptors (Lipinski definition) is 4. The number of hydrogen-bond donors (Lipinski definition) is 0. The lowest BCUT2D eigenvalue weighted by Crippen LogP contribution is -2.64. The van der Waals surface area contributed by atoms with E-state index < -0.39 is 27.1 Å². The molecule has 3 rings (SSSR count). The maximum Gasteiger partial charge on any atom is 0.332 e. The highest BCUT2D eigenvalue weighted by Gasteiger charge is 2.59. The molecular formula is C21H25NO4S. The molecule has 0 aromatic heterocycles. The Balaban J connectivity index is 2.09. The molecule has 5 nitrogen and oxygen atoms in total. The van der Waals surface area contributed by atoms with Gasteiger partial charge in [-0.25, -0.2) is 13.2 Å². The minimum absolute atomic E-state index is 0.177. The molecular weight excluding hydrogens is 362 g/mol. The zero-order valence-corrected chi connectivity index (χ0v) is 16.9. The summed E-state index contributed by atoms with van der Waals surface area (Å²) in [5.41, 5.74) is -0.452. The molecule has 0 saturated carbocycles. The predicted molar refractivity (Wildman–Crippen MR) is 104 cm³/mol. The van der Waals surface area contributed by atoms with Crippen molar-refractivity contribution >= 4 is 16.0 Å². The van der Waals surface area contributed by atoms with E-state index in [-0.39, 0.29) is 11.4 Å². The molecule has 1 atom stereocenters. The van der Waals surface area contributed by atoms with Crippen LogP contribution < -0.4 is 0 Å². The van der Waals surface area contributed by atoms with Gasteiger partial charge in [-0.05, 0) is 51.8 Å². The van der Waals surface area contributed by atoms with E-state index in [4.69, 9.17) is 4.74 Å². The van der Waals surface area contributed by atoms with E-state index in [0.717, 1.165) is 5.56 Å². The molecule has 0 bridgehead atoms. The van der Waals surface area contributed by atoms with Gasteiger partial charge in [-0.1, -0.05) is 48.0 Å². The quantitative estimate of drug-likeness (QED) is 0.752. The van der Waals surface area contributed by atoms with Crippen molar-refractivity contribution in [3.8, 4) is 0 Å². The van der Waals surface area contributed by atoms with Gasteiger partial charge in [-0.3, -0.25) is 0 Å². The molecule has 0 amide bonds. The van der Waals surface area contributed by atoms with Crippen LogP contribution in [0.2, 0.25) is 0 Å². The second-order valence-corrected chi connectivity index (χ2v) is 9.73. The Bertz CT molecular complexity index is 930. The van der Waals surface area contributed by atoms with Crippen molar-refractivity contribution in [3.63, 3.8) is 0 Å². The van der Waals surface area contributed by atoms with Gasteiger partial charge in [0.25, 0.3) is 0 Å². The monoisotopic (exact) mass is 387 g/mol. The average Bonchev–Trinajstić information content (AvgIpc) is 2.53. The number of carbonyl (C=O) groups is 1. The van der Waals surface area contributed by atoms with Crippen LogP contribution in [0.1, 0.15) is 38.3 Å². The second kappa shape index (κ2) is 6.77. The fourth-order valence-electron chi connectivity index (χ4n) is 3.28. The molecule has 1 saturated heterocycles. The molecule has 2 aromatic carbocycles. The molecule has 0 aliphatic carbocycles. The minimum Gasteiger partial charge on any atom is -0.458 e. The zero-order valence-electron chi connectivity index (χ0n) is 16.1. The molecule has 6 heteroatoms. The van der Waals surface area contributed by atoms with Gasteiger partial charge in [0.15, 0.2) is 5.54 Å². The first kappa shape index (κ1) is 19.6. The third-order valence-electron chi connectivity index (χ3n) is 4.70. The summed E-state index contributed by atoms with van der Waals surface area (Å²) >= 11 is 0. The smallest absolute Gasteiger partial charge is 0.332 e. The first-order valence-electron chi connectivity index (χ1n) is 8.96. The number of nitrogens with zero attached hydrogens (tertiary/aromatic N) is 1. The van der Waals surface area contributed by atoms with Gasteiger partial charge in [-0.2, -0.15) is 4.31 Å². The lowest BCUT2D eigenvalue weighted by atomic mass is 9.80. The van der Waals surface area contributed by atoms with Gasteiger partial charge in [0.2, 0.25) is 10.0 Å². The number of carbonyl (C=O) groups excluding carboxylic acids is 1. The first-order valence-corrected chi connectivity index (χ1v) is 10.4. The maximum atomic E-state index is 13.3. The summed E-state index contributed by atoms with van der Waals surface area (Å²) in [5.74, 6) is -0.539. The Morgan fingerprint density at radius 3 is 2.11 bits per heavy atom. The van der Waals surface area contributed by atoms with Gasteiger partial charge in [0.05, 0.1) is 4.90 Å². The molecule has 0 spiro atoms. The van der Waals surface area contributed by atoms with Crippen LogP contribution in [0.15, 0.2) is 59.5 Å². The van der Waals surface area contributed by atoms with Crippen molar-refractivity contribution in [2.45, 2.75) is 50.2 Å². The number of sulfonamides is 1. The molecule has 0 N–H and O–H groups in total. The highest BCUT2D eigenvalue weighted by atomic mass is 32.2. The SMILES string of the molecule is Cc1ccc(S(=O)(=O)N2CC[C@@]2(C(=O)OC(C)(C)C)c2ccccc2)cc1. The summed E-state index contributed by atoms with van der Waals surface area (Å²) in [6.07, 6.45) is 0.386. The maximum absolute atomic E-state index is 13.3. The van der Waals surface area contributed by atoms with Crippen LogP contribution in [-0.2, 0) is 25.1 Å². The minimum atomic E-state index is -3.84. The fourth-order valence-corrected chi connectivity index (χ4v) is 5.02. The standard InChI is InChI=1S/C21H25NO4S/c1-16-10-12-18(13-11-16)27(24,25)22-15-14-21(22,17-8-6-5-7-9-17)19(23)26-20(2,3)4/h5-13H,14-15H2,1-4H3/t21-/m0/s1. The second-order valence-electron chi connectivity index (χ2n) is 7.87. The van der Waals surface area contributed by atoms with Crippen LogP contribution >= 0.6 is 0 Å². The van der Waals surface area contributed by atoms with Crippen molar-refractivity contribution < 1.29 is 17.9 Å². The Morgan fingerprint density at radius 1 is 1.04 bits per heavy atom. The molecule has 1 heterocycles. The van der Waals surface area contributed by atoms with Crippen molar-refractivity contribution in [1.29, 1.82) is 0 Å². The Labute approximate surface area is 161 Å². The van der Waals surface area contributed by atoms with E-state index in [1.807, 2.05) is 13.0 Å². The highest BCUT2D eigenvalue weighted by molar-refractivity contribution is 7.89. The van der Waals surface area contributed by atoms with E-state index in [1.165, 1.54) is 4.31 Å². The van der Waals surface area contributed by atoms with Crippen molar-refractivity contribution in [1.82, 2.24) is 4.31 Å². The Kier molecular flexibility index (Phi) is 4.91. The van der Waals surface area contributed by atoms with E-state index in [2.05, 4.69) is 0 Å². The topological polar surface area (TPSA) is 63.7 Å². The Hall–Kier alpha value is -2.18. The van der Waals surface area contributed by atoms with Crippen molar-refractivity contribution in [2.75, 3.05) is 6.54 Å². The number of esters is 1. The summed E-state index contributed by atoms with van der Waals surface area (Å²) in [6, 6.07) is 15.7. The van der Waals surface area contributed by atoms with E-state index in [9.17, 15) is 13.2 Å². The molecule has 0 radical (unpaired) electrons. The van der Waals surface area contributed by atoms with E-state index in [1.54, 1.807) is 69.3 Å². The molecule has 27 heavy (non-hydrogen) atoms. The summed E-state index contributed by atoms with van der Waals surface area (Å²) in [6.45, 7) is 7.50. The van der Waals surface area contributed by atoms with Crippen LogP contribution in [-0.4, -0.2) is 30.8 Å². The van der Waals surface area contributed by atoms with Crippen LogP contribution in [0.5, 0.6) is 0 Å². The third-order valence-corrected chi connectivity index (χ3v) is 6.64. The first-order chi connectivity index (χ1) is 12.6. The van der Waals surface area contributed by atoms with Crippen LogP contribution in [0.3, 0.4) is 0 Å². The van der Waals surface area contributed by atoms with E-state index >= 15 is 0 Å². The molecule has 2 aromatic rings. The van der Waals surface area contributed by atoms with Crippen LogP contribution in [0, 0.1) is 6.92 Å². The lowest BCUT2D eigenvalue weighted by Gasteiger charge is -2.50. The highest BCUT2D eigenvalue weighted by Crippen LogP contribution is 2.46. The molecule has 144 valence electrons. The number of benzene rings is 2. The zero-order chi connectivity index (χ0) is 19.9. The normalized spacial score (nSPS) is 20.7. The Morgan fingerprint density at radius 2 is 1.63 bits per heavy atom. The van der Waals surface area contributed by atoms with Gasteiger partial charge >= 0.3 is 5.97 Å². The summed E-state index contributed by atoms with van der Waals surface area (Å²) in [5, 5.41) is 0. The molecule has 1 fully saturated rings. The van der Waals surface area contributed by atoms with Crippen LogP contribution in [0.25, 0.3) is 0 Å². The molecule has 1 aliphatic heterocycles. The van der Waals surface area contributed by atoms with Crippen LogP contribution in [0.4, 0.5) is 0 Å². The fraction of sp³-hybridized carbons (Fsp3) is 0.381.